The van der Waals surface area contributed by atoms with Gasteiger partial charge in [-0.05, 0) is 18.9 Å². The fourth-order valence-electron chi connectivity index (χ4n) is 1.71. The van der Waals surface area contributed by atoms with Gasteiger partial charge in [0, 0.05) is 24.8 Å². The molecular weight excluding hydrogens is 210 g/mol. The fraction of sp³-hybridized carbons (Fsp3) is 0.643. The van der Waals surface area contributed by atoms with Crippen molar-refractivity contribution in [3.63, 3.8) is 0 Å². The zero-order valence-electron chi connectivity index (χ0n) is 11.5. The predicted molar refractivity (Wildman–Crippen MR) is 73.9 cm³/mol. The van der Waals surface area contributed by atoms with Gasteiger partial charge in [-0.25, -0.2) is 0 Å². The lowest BCUT2D eigenvalue weighted by Crippen LogP contribution is -2.18. The summed E-state index contributed by atoms with van der Waals surface area (Å²) in [6.07, 6.45) is 7.45. The van der Waals surface area contributed by atoms with Gasteiger partial charge in [-0.2, -0.15) is 5.10 Å². The molecule has 96 valence electrons. The summed E-state index contributed by atoms with van der Waals surface area (Å²) in [6, 6.07) is 0. The van der Waals surface area contributed by atoms with Gasteiger partial charge in [-0.15, -0.1) is 0 Å². The van der Waals surface area contributed by atoms with Gasteiger partial charge in [-0.3, -0.25) is 4.68 Å². The molecule has 0 radical (unpaired) electrons. The largest absolute Gasteiger partial charge is 0.313 e. The van der Waals surface area contributed by atoms with Crippen molar-refractivity contribution < 1.29 is 0 Å². The molecule has 17 heavy (non-hydrogen) atoms. The molecule has 1 aromatic heterocycles. The molecule has 0 saturated carbocycles. The van der Waals surface area contributed by atoms with E-state index in [1.54, 1.807) is 0 Å². The minimum Gasteiger partial charge on any atom is -0.313 e. The zero-order valence-corrected chi connectivity index (χ0v) is 11.5. The van der Waals surface area contributed by atoms with Crippen molar-refractivity contribution in [2.45, 2.75) is 40.7 Å². The lowest BCUT2D eigenvalue weighted by Gasteiger charge is -2.11. The molecule has 0 unspecified atom stereocenters. The first-order valence-corrected chi connectivity index (χ1v) is 6.61. The maximum atomic E-state index is 4.35. The highest BCUT2D eigenvalue weighted by molar-refractivity contribution is 5.51. The number of likely N-dealkylation sites (N-methyl/N-ethyl adjacent to an activating group) is 1. The molecule has 0 aliphatic rings. The Morgan fingerprint density at radius 1 is 1.47 bits per heavy atom. The second-order valence-electron chi connectivity index (χ2n) is 4.69. The molecule has 1 aromatic rings. The normalized spacial score (nSPS) is 12.4. The Hall–Kier alpha value is -1.09. The van der Waals surface area contributed by atoms with E-state index in [4.69, 9.17) is 0 Å². The van der Waals surface area contributed by atoms with Gasteiger partial charge < -0.3 is 5.32 Å². The molecule has 0 aliphatic carbocycles. The molecule has 3 heteroatoms. The summed E-state index contributed by atoms with van der Waals surface area (Å²) in [7, 11) is 0. The fourth-order valence-corrected chi connectivity index (χ4v) is 1.71. The highest BCUT2D eigenvalue weighted by Gasteiger charge is 2.04. The number of nitrogens with one attached hydrogen (secondary N) is 1. The van der Waals surface area contributed by atoms with Crippen LogP contribution in [-0.2, 0) is 6.54 Å². The van der Waals surface area contributed by atoms with Gasteiger partial charge >= 0.3 is 0 Å². The van der Waals surface area contributed by atoms with Crippen LogP contribution in [0.3, 0.4) is 0 Å². The summed E-state index contributed by atoms with van der Waals surface area (Å²) in [5.41, 5.74) is 2.64. The maximum absolute atomic E-state index is 4.35. The number of hydrogen-bond acceptors (Lipinski definition) is 2. The highest BCUT2D eigenvalue weighted by atomic mass is 15.3. The quantitative estimate of drug-likeness (QED) is 0.787. The Labute approximate surface area is 105 Å². The van der Waals surface area contributed by atoms with Crippen LogP contribution in [0.5, 0.6) is 0 Å². The summed E-state index contributed by atoms with van der Waals surface area (Å²) >= 11 is 0. The Balaban J connectivity index is 2.73. The average molecular weight is 235 g/mol. The molecule has 0 aromatic carbocycles. The third-order valence-corrected chi connectivity index (χ3v) is 2.78. The Kier molecular flexibility index (Phi) is 5.98. The van der Waals surface area contributed by atoms with Gasteiger partial charge in [0.05, 0.1) is 6.20 Å². The van der Waals surface area contributed by atoms with Crippen LogP contribution in [0.4, 0.5) is 0 Å². The van der Waals surface area contributed by atoms with Crippen molar-refractivity contribution in [3.8, 4) is 0 Å². The molecule has 0 spiro atoms. The van der Waals surface area contributed by atoms with E-state index in [-0.39, 0.29) is 0 Å². The first-order chi connectivity index (χ1) is 8.17. The molecule has 0 saturated heterocycles. The Bertz CT molecular complexity index is 350. The number of nitrogens with zero attached hydrogens (tertiary/aromatic N) is 2. The van der Waals surface area contributed by atoms with Crippen molar-refractivity contribution in [1.82, 2.24) is 15.1 Å². The zero-order chi connectivity index (χ0) is 12.7. The summed E-state index contributed by atoms with van der Waals surface area (Å²) in [5, 5.41) is 7.74. The number of hydrogen-bond donors (Lipinski definition) is 1. The maximum Gasteiger partial charge on any atom is 0.0562 e. The number of rotatable bonds is 7. The van der Waals surface area contributed by atoms with Crippen molar-refractivity contribution >= 4 is 6.08 Å². The molecule has 0 fully saturated rings. The SMILES string of the molecule is CCCn1cc(/C=C(/CNCC)C(C)C)cn1. The van der Waals surface area contributed by atoms with Crippen LogP contribution in [-0.4, -0.2) is 22.9 Å². The summed E-state index contributed by atoms with van der Waals surface area (Å²) in [5.74, 6) is 0.573. The van der Waals surface area contributed by atoms with Gasteiger partial charge in [-0.1, -0.05) is 39.3 Å². The minimum atomic E-state index is 0.573. The van der Waals surface area contributed by atoms with Crippen molar-refractivity contribution in [2.75, 3.05) is 13.1 Å². The predicted octanol–water partition coefficient (Wildman–Crippen LogP) is 2.94. The number of aromatic nitrogens is 2. The van der Waals surface area contributed by atoms with Crippen LogP contribution in [0.25, 0.3) is 6.08 Å². The van der Waals surface area contributed by atoms with E-state index in [9.17, 15) is 0 Å². The van der Waals surface area contributed by atoms with Crippen LogP contribution in [0.15, 0.2) is 18.0 Å². The Morgan fingerprint density at radius 2 is 2.24 bits per heavy atom. The van der Waals surface area contributed by atoms with E-state index >= 15 is 0 Å². The highest BCUT2D eigenvalue weighted by Crippen LogP contribution is 2.13. The molecule has 1 N–H and O–H groups in total. The first-order valence-electron chi connectivity index (χ1n) is 6.61. The standard InChI is InChI=1S/C14H25N3/c1-5-7-17-11-13(9-16-17)8-14(12(3)4)10-15-6-2/h8-9,11-12,15H,5-7,10H2,1-4H3/b14-8-. The van der Waals surface area contributed by atoms with Crippen LogP contribution in [0, 0.1) is 5.92 Å². The summed E-state index contributed by atoms with van der Waals surface area (Å²) in [4.78, 5) is 0. The molecule has 3 nitrogen and oxygen atoms in total. The topological polar surface area (TPSA) is 29.9 Å². The first kappa shape index (κ1) is 14.0. The molecular formula is C14H25N3. The van der Waals surface area contributed by atoms with Crippen LogP contribution in [0.1, 0.15) is 39.7 Å². The van der Waals surface area contributed by atoms with Gasteiger partial charge in [0.25, 0.3) is 0 Å². The van der Waals surface area contributed by atoms with Gasteiger partial charge in [0.2, 0.25) is 0 Å². The second kappa shape index (κ2) is 7.28. The minimum absolute atomic E-state index is 0.573. The van der Waals surface area contributed by atoms with Crippen LogP contribution in [0.2, 0.25) is 0 Å². The monoisotopic (exact) mass is 235 g/mol. The molecule has 1 heterocycles. The van der Waals surface area contributed by atoms with Crippen LogP contribution < -0.4 is 5.32 Å². The summed E-state index contributed by atoms with van der Waals surface area (Å²) in [6.45, 7) is 11.8. The van der Waals surface area contributed by atoms with E-state index in [1.807, 2.05) is 10.9 Å². The molecule has 0 aliphatic heterocycles. The molecule has 0 bridgehead atoms. The van der Waals surface area contributed by atoms with Crippen molar-refractivity contribution in [1.29, 1.82) is 0 Å². The van der Waals surface area contributed by atoms with E-state index in [2.05, 4.69) is 50.4 Å². The van der Waals surface area contributed by atoms with Crippen LogP contribution >= 0.6 is 0 Å². The average Bonchev–Trinajstić information content (AvgIpc) is 2.72. The second-order valence-corrected chi connectivity index (χ2v) is 4.69. The smallest absolute Gasteiger partial charge is 0.0562 e. The molecule has 1 rings (SSSR count). The van der Waals surface area contributed by atoms with Crippen molar-refractivity contribution in [2.24, 2.45) is 5.92 Å². The van der Waals surface area contributed by atoms with E-state index in [1.165, 1.54) is 11.1 Å². The van der Waals surface area contributed by atoms with Gasteiger partial charge in [0.15, 0.2) is 0 Å². The van der Waals surface area contributed by atoms with Gasteiger partial charge in [0.1, 0.15) is 0 Å². The summed E-state index contributed by atoms with van der Waals surface area (Å²) < 4.78 is 2.01. The number of aryl methyl sites for hydroxylation is 1. The third-order valence-electron chi connectivity index (χ3n) is 2.78. The van der Waals surface area contributed by atoms with E-state index in [0.717, 1.165) is 26.1 Å². The van der Waals surface area contributed by atoms with Crippen molar-refractivity contribution in [3.05, 3.63) is 23.5 Å². The third kappa shape index (κ3) is 4.73. The van der Waals surface area contributed by atoms with E-state index < -0.39 is 0 Å². The van der Waals surface area contributed by atoms with E-state index in [0.29, 0.717) is 5.92 Å². The lowest BCUT2D eigenvalue weighted by atomic mass is 10.0. The molecule has 0 amide bonds. The Morgan fingerprint density at radius 3 is 2.82 bits per heavy atom. The molecule has 0 atom stereocenters. The lowest BCUT2D eigenvalue weighted by molar-refractivity contribution is 0.602.